The van der Waals surface area contributed by atoms with Crippen LogP contribution in [0.5, 0.6) is 0 Å². The van der Waals surface area contributed by atoms with Gasteiger partial charge in [-0.2, -0.15) is 4.52 Å². The highest BCUT2D eigenvalue weighted by Crippen LogP contribution is 2.25. The number of anilines is 2. The molecule has 0 bridgehead atoms. The topological polar surface area (TPSA) is 58.3 Å². The Balaban J connectivity index is 1.46. The van der Waals surface area contributed by atoms with Crippen molar-refractivity contribution in [1.82, 2.24) is 14.6 Å². The number of benzene rings is 1. The number of morpholine rings is 1. The van der Waals surface area contributed by atoms with E-state index in [1.807, 2.05) is 10.7 Å². The smallest absolute Gasteiger partial charge is 0.159 e. The summed E-state index contributed by atoms with van der Waals surface area (Å²) in [6, 6.07) is 12.6. The number of nitrogens with zero attached hydrogens (tertiary/aromatic N) is 6. The number of rotatable bonds is 5. The van der Waals surface area contributed by atoms with Crippen LogP contribution in [0.15, 0.2) is 41.4 Å². The third-order valence-electron chi connectivity index (χ3n) is 6.00. The van der Waals surface area contributed by atoms with Crippen molar-refractivity contribution in [3.05, 3.63) is 53.2 Å². The Kier molecular flexibility index (Phi) is 5.84. The molecule has 0 saturated carbocycles. The molecule has 0 amide bonds. The van der Waals surface area contributed by atoms with Gasteiger partial charge in [-0.05, 0) is 31.7 Å². The summed E-state index contributed by atoms with van der Waals surface area (Å²) in [5.41, 5.74) is 4.21. The molecule has 4 heterocycles. The minimum atomic E-state index is 0.548. The quantitative estimate of drug-likeness (QED) is 0.594. The summed E-state index contributed by atoms with van der Waals surface area (Å²) in [7, 11) is 0. The van der Waals surface area contributed by atoms with Crippen molar-refractivity contribution >= 4 is 23.5 Å². The van der Waals surface area contributed by atoms with Crippen molar-refractivity contribution in [2.45, 2.75) is 32.7 Å². The van der Waals surface area contributed by atoms with Crippen LogP contribution in [0.4, 0.5) is 11.6 Å². The van der Waals surface area contributed by atoms with Gasteiger partial charge in [0, 0.05) is 44.5 Å². The number of aliphatic imine (C=N–C) groups is 1. The first-order valence-electron chi connectivity index (χ1n) is 11.3. The van der Waals surface area contributed by atoms with Crippen molar-refractivity contribution in [1.29, 1.82) is 0 Å². The highest BCUT2D eigenvalue weighted by molar-refractivity contribution is 5.79. The SMILES string of the molecule is Cc1cccc(C=NCc2cc(N3CCOCC3)n3nc(N4CCCCC4)cc3n2)c1. The molecule has 0 spiro atoms. The highest BCUT2D eigenvalue weighted by Gasteiger charge is 2.20. The van der Waals surface area contributed by atoms with Crippen molar-refractivity contribution in [2.24, 2.45) is 4.99 Å². The Hall–Kier alpha value is -2.93. The van der Waals surface area contributed by atoms with Crippen LogP contribution in [0.3, 0.4) is 0 Å². The van der Waals surface area contributed by atoms with Crippen LogP contribution in [0.1, 0.15) is 36.1 Å². The van der Waals surface area contributed by atoms with Gasteiger partial charge < -0.3 is 14.5 Å². The molecule has 31 heavy (non-hydrogen) atoms. The molecule has 2 aliphatic rings. The first-order chi connectivity index (χ1) is 15.3. The predicted octanol–water partition coefficient (Wildman–Crippen LogP) is 3.48. The zero-order valence-corrected chi connectivity index (χ0v) is 18.2. The predicted molar refractivity (Wildman–Crippen MR) is 125 cm³/mol. The number of piperidine rings is 1. The molecule has 0 atom stereocenters. The molecule has 0 N–H and O–H groups in total. The van der Waals surface area contributed by atoms with Gasteiger partial charge in [-0.25, -0.2) is 4.98 Å². The fourth-order valence-corrected chi connectivity index (χ4v) is 4.37. The van der Waals surface area contributed by atoms with Crippen LogP contribution in [0.25, 0.3) is 5.65 Å². The number of fused-ring (bicyclic) bond motifs is 1. The average molecular weight is 419 g/mol. The minimum Gasteiger partial charge on any atom is -0.378 e. The Labute approximate surface area is 183 Å². The Morgan fingerprint density at radius 1 is 1.00 bits per heavy atom. The summed E-state index contributed by atoms with van der Waals surface area (Å²) in [6.07, 6.45) is 5.71. The van der Waals surface area contributed by atoms with E-state index in [4.69, 9.17) is 14.8 Å². The van der Waals surface area contributed by atoms with Crippen molar-refractivity contribution in [3.63, 3.8) is 0 Å². The van der Waals surface area contributed by atoms with E-state index < -0.39 is 0 Å². The minimum absolute atomic E-state index is 0.548. The Morgan fingerprint density at radius 3 is 2.65 bits per heavy atom. The van der Waals surface area contributed by atoms with Gasteiger partial charge in [-0.3, -0.25) is 4.99 Å². The fraction of sp³-hybridized carbons (Fsp3) is 0.458. The normalized spacial score (nSPS) is 17.7. The third-order valence-corrected chi connectivity index (χ3v) is 6.00. The van der Waals surface area contributed by atoms with E-state index in [-0.39, 0.29) is 0 Å². The summed E-state index contributed by atoms with van der Waals surface area (Å²) < 4.78 is 7.57. The van der Waals surface area contributed by atoms with E-state index >= 15 is 0 Å². The van der Waals surface area contributed by atoms with Crippen LogP contribution < -0.4 is 9.80 Å². The Bertz CT molecular complexity index is 1060. The van der Waals surface area contributed by atoms with Crippen molar-refractivity contribution < 1.29 is 4.74 Å². The molecule has 0 unspecified atom stereocenters. The summed E-state index contributed by atoms with van der Waals surface area (Å²) in [5, 5.41) is 4.95. The molecule has 2 aromatic heterocycles. The van der Waals surface area contributed by atoms with Crippen LogP contribution in [-0.2, 0) is 11.3 Å². The molecule has 7 heteroatoms. The van der Waals surface area contributed by atoms with Crippen LogP contribution in [-0.4, -0.2) is 60.2 Å². The van der Waals surface area contributed by atoms with E-state index in [2.05, 4.69) is 58.1 Å². The lowest BCUT2D eigenvalue weighted by Gasteiger charge is -2.29. The lowest BCUT2D eigenvalue weighted by atomic mass is 10.1. The van der Waals surface area contributed by atoms with Crippen molar-refractivity contribution in [3.8, 4) is 0 Å². The second-order valence-electron chi connectivity index (χ2n) is 8.41. The molecule has 1 aromatic carbocycles. The van der Waals surface area contributed by atoms with E-state index in [0.29, 0.717) is 6.54 Å². The van der Waals surface area contributed by atoms with Gasteiger partial charge in [-0.15, -0.1) is 5.10 Å². The number of hydrogen-bond donors (Lipinski definition) is 0. The summed E-state index contributed by atoms with van der Waals surface area (Å²) in [5.74, 6) is 2.11. The molecule has 2 saturated heterocycles. The lowest BCUT2D eigenvalue weighted by molar-refractivity contribution is 0.122. The number of aryl methyl sites for hydroxylation is 1. The third kappa shape index (κ3) is 4.56. The second kappa shape index (κ2) is 9.06. The number of ether oxygens (including phenoxy) is 1. The standard InChI is InChI=1S/C24H30N6O/c1-19-6-5-7-20(14-19)17-25-18-21-15-24(29-10-12-31-13-11-29)30-22(26-21)16-23(27-30)28-8-3-2-4-9-28/h5-7,14-17H,2-4,8-13,18H2,1H3. The monoisotopic (exact) mass is 418 g/mol. The first-order valence-corrected chi connectivity index (χ1v) is 11.3. The second-order valence-corrected chi connectivity index (χ2v) is 8.41. The molecule has 162 valence electrons. The Morgan fingerprint density at radius 2 is 1.84 bits per heavy atom. The molecular weight excluding hydrogens is 388 g/mol. The van der Waals surface area contributed by atoms with Crippen molar-refractivity contribution in [2.75, 3.05) is 49.2 Å². The van der Waals surface area contributed by atoms with Gasteiger partial charge in [0.25, 0.3) is 0 Å². The molecule has 2 fully saturated rings. The van der Waals surface area contributed by atoms with Gasteiger partial charge in [-0.1, -0.05) is 29.8 Å². The van der Waals surface area contributed by atoms with E-state index in [1.165, 1.54) is 24.8 Å². The summed E-state index contributed by atoms with van der Waals surface area (Å²) in [6.45, 7) is 8.01. The summed E-state index contributed by atoms with van der Waals surface area (Å²) in [4.78, 5) is 14.3. The van der Waals surface area contributed by atoms with Crippen LogP contribution in [0.2, 0.25) is 0 Å². The van der Waals surface area contributed by atoms with Gasteiger partial charge in [0.15, 0.2) is 11.5 Å². The first kappa shape index (κ1) is 20.0. The maximum atomic E-state index is 5.57. The molecule has 7 nitrogen and oxygen atoms in total. The maximum absolute atomic E-state index is 5.57. The zero-order valence-electron chi connectivity index (χ0n) is 18.2. The highest BCUT2D eigenvalue weighted by atomic mass is 16.5. The summed E-state index contributed by atoms with van der Waals surface area (Å²) >= 11 is 0. The van der Waals surface area contributed by atoms with Gasteiger partial charge in [0.2, 0.25) is 0 Å². The molecule has 5 rings (SSSR count). The van der Waals surface area contributed by atoms with Crippen LogP contribution in [0, 0.1) is 6.92 Å². The molecule has 3 aromatic rings. The number of aromatic nitrogens is 3. The van der Waals surface area contributed by atoms with E-state index in [0.717, 1.165) is 67.9 Å². The molecular formula is C24H30N6O. The molecule has 2 aliphatic heterocycles. The van der Waals surface area contributed by atoms with Gasteiger partial charge in [0.1, 0.15) is 5.82 Å². The molecule has 0 radical (unpaired) electrons. The van der Waals surface area contributed by atoms with E-state index in [1.54, 1.807) is 0 Å². The zero-order chi connectivity index (χ0) is 21.0. The van der Waals surface area contributed by atoms with Gasteiger partial charge >= 0.3 is 0 Å². The maximum Gasteiger partial charge on any atom is 0.159 e. The van der Waals surface area contributed by atoms with Crippen LogP contribution >= 0.6 is 0 Å². The largest absolute Gasteiger partial charge is 0.378 e. The number of hydrogen-bond acceptors (Lipinski definition) is 6. The average Bonchev–Trinajstić information content (AvgIpc) is 3.24. The van der Waals surface area contributed by atoms with E-state index in [9.17, 15) is 0 Å². The lowest BCUT2D eigenvalue weighted by Crippen LogP contribution is -2.37. The molecule has 0 aliphatic carbocycles. The fourth-order valence-electron chi connectivity index (χ4n) is 4.37. The van der Waals surface area contributed by atoms with Gasteiger partial charge in [0.05, 0.1) is 25.5 Å².